The van der Waals surface area contributed by atoms with Crippen LogP contribution in [0.1, 0.15) is 15.9 Å². The number of amides is 1. The van der Waals surface area contributed by atoms with Gasteiger partial charge >= 0.3 is 5.97 Å². The number of benzene rings is 3. The molecule has 4 aromatic rings. The van der Waals surface area contributed by atoms with Gasteiger partial charge in [-0.05, 0) is 41.5 Å². The van der Waals surface area contributed by atoms with Gasteiger partial charge in [-0.3, -0.25) is 14.5 Å². The molecule has 1 atom stereocenters. The molecular weight excluding hydrogens is 594 g/mol. The zero-order valence-electron chi connectivity index (χ0n) is 20.3. The zero-order valence-corrected chi connectivity index (χ0v) is 22.6. The van der Waals surface area contributed by atoms with E-state index in [1.54, 1.807) is 18.2 Å². The maximum Gasteiger partial charge on any atom is 0.326 e. The van der Waals surface area contributed by atoms with E-state index in [4.69, 9.17) is 23.2 Å². The molecule has 40 heavy (non-hydrogen) atoms. The van der Waals surface area contributed by atoms with Crippen LogP contribution < -0.4 is 10.0 Å². The first-order valence-electron chi connectivity index (χ1n) is 11.3. The van der Waals surface area contributed by atoms with Gasteiger partial charge in [0.2, 0.25) is 10.0 Å². The third-order valence-corrected chi connectivity index (χ3v) is 6.93. The Kier molecular flexibility index (Phi) is 8.24. The lowest BCUT2D eigenvalue weighted by Crippen LogP contribution is -2.43. The van der Waals surface area contributed by atoms with Crippen molar-refractivity contribution in [3.05, 3.63) is 93.4 Å². The van der Waals surface area contributed by atoms with Crippen LogP contribution in [-0.4, -0.2) is 42.7 Å². The lowest BCUT2D eigenvalue weighted by molar-refractivity contribution is -0.139. The van der Waals surface area contributed by atoms with Crippen LogP contribution in [0.25, 0.3) is 22.0 Å². The standard InChI is InChI=1S/C26H18Cl2F3N3O5S/c1-40(38,39)34-14-10-19(30)23(20(31)11-14)25(35)33-21(26(36)37)7-12-4-5-15(16-3-2-6-32-24(12)16)22-17(27)8-13(29)9-18(22)28/h2-6,8-11,21,34H,7H2,1H3,(H,33,35)(H,36,37)/t21-/m0/s1. The fourth-order valence-electron chi connectivity index (χ4n) is 4.13. The van der Waals surface area contributed by atoms with Crippen molar-refractivity contribution in [2.45, 2.75) is 12.5 Å². The van der Waals surface area contributed by atoms with E-state index in [0.717, 1.165) is 18.4 Å². The quantitative estimate of drug-likeness (QED) is 0.244. The fourth-order valence-corrected chi connectivity index (χ4v) is 5.34. The molecule has 0 bridgehead atoms. The second-order valence-electron chi connectivity index (χ2n) is 8.67. The Morgan fingerprint density at radius 3 is 2.23 bits per heavy atom. The lowest BCUT2D eigenvalue weighted by atomic mass is 9.95. The second kappa shape index (κ2) is 11.3. The summed E-state index contributed by atoms with van der Waals surface area (Å²) < 4.78 is 67.5. The Bertz CT molecular complexity index is 1740. The molecule has 0 saturated heterocycles. The Morgan fingerprint density at radius 2 is 1.65 bits per heavy atom. The minimum atomic E-state index is -3.85. The highest BCUT2D eigenvalue weighted by Gasteiger charge is 2.27. The van der Waals surface area contributed by atoms with E-state index >= 15 is 0 Å². The molecule has 0 radical (unpaired) electrons. The fraction of sp³-hybridized carbons (Fsp3) is 0.115. The molecule has 0 spiro atoms. The third-order valence-electron chi connectivity index (χ3n) is 5.73. The Morgan fingerprint density at radius 1 is 1.02 bits per heavy atom. The molecule has 1 aromatic heterocycles. The number of nitrogens with one attached hydrogen (secondary N) is 2. The van der Waals surface area contributed by atoms with E-state index in [1.807, 2.05) is 4.72 Å². The molecule has 0 unspecified atom stereocenters. The van der Waals surface area contributed by atoms with E-state index in [1.165, 1.54) is 12.3 Å². The number of aliphatic carboxylic acids is 1. The van der Waals surface area contributed by atoms with Crippen LogP contribution in [0.5, 0.6) is 0 Å². The van der Waals surface area contributed by atoms with Crippen molar-refractivity contribution >= 4 is 61.7 Å². The van der Waals surface area contributed by atoms with Crippen LogP contribution in [0, 0.1) is 17.5 Å². The third kappa shape index (κ3) is 6.30. The molecule has 0 aliphatic carbocycles. The van der Waals surface area contributed by atoms with Gasteiger partial charge < -0.3 is 10.4 Å². The normalized spacial score (nSPS) is 12.2. The number of carbonyl (C=O) groups excluding carboxylic acids is 1. The maximum absolute atomic E-state index is 14.6. The molecule has 208 valence electrons. The number of carbonyl (C=O) groups is 2. The molecule has 3 aromatic carbocycles. The van der Waals surface area contributed by atoms with Crippen LogP contribution in [0.3, 0.4) is 0 Å². The van der Waals surface area contributed by atoms with Crippen LogP contribution in [-0.2, 0) is 21.2 Å². The Labute approximate surface area is 235 Å². The molecule has 1 heterocycles. The summed E-state index contributed by atoms with van der Waals surface area (Å²) in [7, 11) is -3.85. The summed E-state index contributed by atoms with van der Waals surface area (Å²) in [4.78, 5) is 29.1. The number of nitrogens with zero attached hydrogens (tertiary/aromatic N) is 1. The van der Waals surface area contributed by atoms with Gasteiger partial charge in [-0.1, -0.05) is 41.4 Å². The highest BCUT2D eigenvalue weighted by Crippen LogP contribution is 2.39. The van der Waals surface area contributed by atoms with Gasteiger partial charge in [0.1, 0.15) is 29.1 Å². The number of hydrogen-bond acceptors (Lipinski definition) is 5. The molecule has 0 fully saturated rings. The van der Waals surface area contributed by atoms with Gasteiger partial charge in [0.15, 0.2) is 0 Å². The number of carboxylic acid groups (broad SMARTS) is 1. The van der Waals surface area contributed by atoms with Crippen molar-refractivity contribution in [3.63, 3.8) is 0 Å². The van der Waals surface area contributed by atoms with Crippen LogP contribution in [0.15, 0.2) is 54.7 Å². The van der Waals surface area contributed by atoms with Crippen molar-refractivity contribution in [2.24, 2.45) is 0 Å². The first-order chi connectivity index (χ1) is 18.7. The maximum atomic E-state index is 14.6. The van der Waals surface area contributed by atoms with E-state index in [-0.39, 0.29) is 16.5 Å². The van der Waals surface area contributed by atoms with E-state index < -0.39 is 56.6 Å². The minimum absolute atomic E-state index is 0.0420. The smallest absolute Gasteiger partial charge is 0.326 e. The Hall–Kier alpha value is -3.87. The van der Waals surface area contributed by atoms with E-state index in [0.29, 0.717) is 39.7 Å². The summed E-state index contributed by atoms with van der Waals surface area (Å²) in [6, 6.07) is 8.12. The number of fused-ring (bicyclic) bond motifs is 1. The average molecular weight is 612 g/mol. The molecule has 1 amide bonds. The number of hydrogen-bond donors (Lipinski definition) is 3. The van der Waals surface area contributed by atoms with Crippen molar-refractivity contribution in [2.75, 3.05) is 11.0 Å². The zero-order chi connectivity index (χ0) is 29.4. The van der Waals surface area contributed by atoms with Crippen LogP contribution >= 0.6 is 23.2 Å². The number of aromatic nitrogens is 1. The first kappa shape index (κ1) is 29.1. The largest absolute Gasteiger partial charge is 0.480 e. The van der Waals surface area contributed by atoms with Crippen molar-refractivity contribution < 1.29 is 36.3 Å². The highest BCUT2D eigenvalue weighted by molar-refractivity contribution is 7.92. The topological polar surface area (TPSA) is 125 Å². The number of pyridine rings is 1. The summed E-state index contributed by atoms with van der Waals surface area (Å²) in [5.74, 6) is -6.31. The van der Waals surface area contributed by atoms with Gasteiger partial charge in [0.25, 0.3) is 5.91 Å². The van der Waals surface area contributed by atoms with Gasteiger partial charge in [0.05, 0.1) is 27.5 Å². The predicted molar refractivity (Wildman–Crippen MR) is 145 cm³/mol. The average Bonchev–Trinajstić information content (AvgIpc) is 2.82. The van der Waals surface area contributed by atoms with E-state index in [2.05, 4.69) is 10.3 Å². The van der Waals surface area contributed by atoms with Gasteiger partial charge in [0, 0.05) is 23.6 Å². The molecular formula is C26H18Cl2F3N3O5S. The van der Waals surface area contributed by atoms with Crippen molar-refractivity contribution in [1.82, 2.24) is 10.3 Å². The lowest BCUT2D eigenvalue weighted by Gasteiger charge is -2.18. The monoisotopic (exact) mass is 611 g/mol. The number of carboxylic acids is 1. The van der Waals surface area contributed by atoms with Gasteiger partial charge in [-0.15, -0.1) is 0 Å². The number of anilines is 1. The minimum Gasteiger partial charge on any atom is -0.480 e. The summed E-state index contributed by atoms with van der Waals surface area (Å²) in [6.45, 7) is 0. The summed E-state index contributed by atoms with van der Waals surface area (Å²) in [5.41, 5.74) is -0.0468. The summed E-state index contributed by atoms with van der Waals surface area (Å²) in [6.07, 6.45) is 1.89. The number of halogens is 5. The number of sulfonamides is 1. The number of rotatable bonds is 8. The molecule has 0 aliphatic heterocycles. The first-order valence-corrected chi connectivity index (χ1v) is 13.9. The predicted octanol–water partition coefficient (Wildman–Crippen LogP) is 5.42. The molecule has 4 rings (SSSR count). The van der Waals surface area contributed by atoms with Crippen LogP contribution in [0.2, 0.25) is 10.0 Å². The van der Waals surface area contributed by atoms with Crippen LogP contribution in [0.4, 0.5) is 18.9 Å². The summed E-state index contributed by atoms with van der Waals surface area (Å²) >= 11 is 12.5. The molecule has 0 aliphatic rings. The van der Waals surface area contributed by atoms with Gasteiger partial charge in [-0.25, -0.2) is 26.4 Å². The van der Waals surface area contributed by atoms with E-state index in [9.17, 15) is 36.3 Å². The molecule has 3 N–H and O–H groups in total. The summed E-state index contributed by atoms with van der Waals surface area (Å²) in [5, 5.41) is 12.5. The second-order valence-corrected chi connectivity index (χ2v) is 11.2. The van der Waals surface area contributed by atoms with Gasteiger partial charge in [-0.2, -0.15) is 0 Å². The van der Waals surface area contributed by atoms with Crippen molar-refractivity contribution in [1.29, 1.82) is 0 Å². The molecule has 0 saturated carbocycles. The molecule has 8 nitrogen and oxygen atoms in total. The SMILES string of the molecule is CS(=O)(=O)Nc1cc(F)c(C(=O)N[C@@H](Cc2ccc(-c3c(Cl)cc(F)cc3Cl)c3cccnc23)C(=O)O)c(F)c1. The van der Waals surface area contributed by atoms with Crippen molar-refractivity contribution in [3.8, 4) is 11.1 Å². The highest BCUT2D eigenvalue weighted by atomic mass is 35.5. The molecule has 14 heteroatoms. The Balaban J connectivity index is 1.68.